The minimum atomic E-state index is -2.97. The number of rotatable bonds is 8. The van der Waals surface area contributed by atoms with Gasteiger partial charge in [0, 0.05) is 41.0 Å². The summed E-state index contributed by atoms with van der Waals surface area (Å²) in [5, 5.41) is 2.03. The Bertz CT molecular complexity index is 927. The fourth-order valence-electron chi connectivity index (χ4n) is 3.88. The van der Waals surface area contributed by atoms with Crippen molar-refractivity contribution in [1.82, 2.24) is 9.47 Å². The average molecular weight is 407 g/mol. The number of carbonyl (C=O) groups excluding carboxylic acids is 1. The Balaban J connectivity index is 1.78. The number of Topliss-reactive ketones (excluding diaryl/α,β-unsaturated/α-hetero) is 1. The van der Waals surface area contributed by atoms with Crippen LogP contribution in [0, 0.1) is 13.8 Å². The monoisotopic (exact) mass is 406 g/mol. The molecule has 3 rings (SSSR count). The first kappa shape index (κ1) is 20.0. The molecule has 0 aliphatic carbocycles. The number of carbonyl (C=O) groups is 1. The van der Waals surface area contributed by atoms with Crippen LogP contribution in [0.25, 0.3) is 0 Å². The first-order chi connectivity index (χ1) is 12.8. The van der Waals surface area contributed by atoms with E-state index in [2.05, 4.69) is 17.5 Å². The number of aryl methyl sites for hydroxylation is 1. The largest absolute Gasteiger partial charge is 0.344 e. The number of hydrogen-bond donors (Lipinski definition) is 0. The molecule has 0 spiro atoms. The van der Waals surface area contributed by atoms with E-state index >= 15 is 0 Å². The first-order valence-electron chi connectivity index (χ1n) is 9.08. The second kappa shape index (κ2) is 8.12. The van der Waals surface area contributed by atoms with Gasteiger partial charge in [0.25, 0.3) is 0 Å². The molecule has 2 aromatic heterocycles. The van der Waals surface area contributed by atoms with E-state index in [1.807, 2.05) is 42.0 Å². The van der Waals surface area contributed by atoms with Crippen LogP contribution in [0.2, 0.25) is 0 Å². The number of ketones is 1. The van der Waals surface area contributed by atoms with E-state index in [-0.39, 0.29) is 23.3 Å². The lowest BCUT2D eigenvalue weighted by Crippen LogP contribution is -2.29. The molecule has 0 amide bonds. The molecule has 0 N–H and O–H groups in total. The van der Waals surface area contributed by atoms with E-state index in [0.29, 0.717) is 25.1 Å². The third-order valence-electron chi connectivity index (χ3n) is 5.07. The molecule has 1 saturated heterocycles. The van der Waals surface area contributed by atoms with Crippen molar-refractivity contribution in [3.63, 3.8) is 0 Å². The van der Waals surface area contributed by atoms with Crippen molar-refractivity contribution in [1.29, 1.82) is 0 Å². The molecule has 27 heavy (non-hydrogen) atoms. The summed E-state index contributed by atoms with van der Waals surface area (Å²) in [4.78, 5) is 16.3. The van der Waals surface area contributed by atoms with E-state index in [1.165, 1.54) is 4.88 Å². The zero-order valence-corrected chi connectivity index (χ0v) is 17.5. The van der Waals surface area contributed by atoms with Crippen LogP contribution >= 0.6 is 11.3 Å². The van der Waals surface area contributed by atoms with Crippen molar-refractivity contribution in [3.8, 4) is 0 Å². The summed E-state index contributed by atoms with van der Waals surface area (Å²) < 4.78 is 25.7. The maximum atomic E-state index is 13.0. The van der Waals surface area contributed by atoms with E-state index in [9.17, 15) is 13.2 Å². The molecule has 0 aromatic carbocycles. The van der Waals surface area contributed by atoms with Crippen LogP contribution in [0.4, 0.5) is 0 Å². The van der Waals surface area contributed by atoms with Crippen LogP contribution in [-0.4, -0.2) is 48.3 Å². The van der Waals surface area contributed by atoms with Crippen LogP contribution in [-0.2, 0) is 16.4 Å². The lowest BCUT2D eigenvalue weighted by Gasteiger charge is -2.19. The Morgan fingerprint density at radius 2 is 2.22 bits per heavy atom. The van der Waals surface area contributed by atoms with Crippen LogP contribution in [0.5, 0.6) is 0 Å². The van der Waals surface area contributed by atoms with Gasteiger partial charge in [0.2, 0.25) is 0 Å². The molecule has 1 fully saturated rings. The Labute approximate surface area is 165 Å². The molecule has 0 bridgehead atoms. The molecule has 0 saturated carbocycles. The first-order valence-corrected chi connectivity index (χ1v) is 11.8. The highest BCUT2D eigenvalue weighted by Crippen LogP contribution is 2.29. The van der Waals surface area contributed by atoms with Crippen LogP contribution in [0.1, 0.15) is 39.1 Å². The molecule has 1 unspecified atom stereocenters. The molecule has 146 valence electrons. The maximum absolute atomic E-state index is 13.0. The smallest absolute Gasteiger partial charge is 0.178 e. The lowest BCUT2D eigenvalue weighted by molar-refractivity contribution is 0.0934. The summed E-state index contributed by atoms with van der Waals surface area (Å²) in [5.74, 6) is 0.456. The number of aromatic nitrogens is 1. The normalized spacial score (nSPS) is 18.9. The van der Waals surface area contributed by atoms with Gasteiger partial charge in [0.05, 0.1) is 18.1 Å². The minimum Gasteiger partial charge on any atom is -0.344 e. The van der Waals surface area contributed by atoms with Crippen molar-refractivity contribution in [2.75, 3.05) is 24.6 Å². The van der Waals surface area contributed by atoms with Crippen molar-refractivity contribution in [3.05, 3.63) is 58.1 Å². The van der Waals surface area contributed by atoms with Crippen LogP contribution < -0.4 is 0 Å². The molecular formula is C20H26N2O3S2. The maximum Gasteiger partial charge on any atom is 0.178 e. The summed E-state index contributed by atoms with van der Waals surface area (Å²) in [7, 11) is -2.97. The van der Waals surface area contributed by atoms with E-state index in [0.717, 1.165) is 17.9 Å². The van der Waals surface area contributed by atoms with Crippen LogP contribution in [0.15, 0.2) is 36.2 Å². The van der Waals surface area contributed by atoms with Gasteiger partial charge in [0.15, 0.2) is 15.6 Å². The second-order valence-corrected chi connectivity index (χ2v) is 10.4. The molecule has 2 aromatic rings. The Morgan fingerprint density at radius 1 is 1.44 bits per heavy atom. The fraction of sp³-hybridized carbons (Fsp3) is 0.450. The lowest BCUT2D eigenvalue weighted by atomic mass is 10.1. The number of thiophene rings is 1. The molecule has 1 aliphatic rings. The highest BCUT2D eigenvalue weighted by Gasteiger charge is 2.31. The topological polar surface area (TPSA) is 59.4 Å². The van der Waals surface area contributed by atoms with Crippen molar-refractivity contribution < 1.29 is 13.2 Å². The second-order valence-electron chi connectivity index (χ2n) is 7.17. The van der Waals surface area contributed by atoms with E-state index < -0.39 is 9.84 Å². The van der Waals surface area contributed by atoms with Gasteiger partial charge >= 0.3 is 0 Å². The van der Waals surface area contributed by atoms with Gasteiger partial charge < -0.3 is 4.57 Å². The van der Waals surface area contributed by atoms with Gasteiger partial charge in [0.1, 0.15) is 0 Å². The van der Waals surface area contributed by atoms with Gasteiger partial charge in [-0.1, -0.05) is 12.1 Å². The van der Waals surface area contributed by atoms with Crippen LogP contribution in [0.3, 0.4) is 0 Å². The van der Waals surface area contributed by atoms with E-state index in [4.69, 9.17) is 0 Å². The quantitative estimate of drug-likeness (QED) is 0.498. The summed E-state index contributed by atoms with van der Waals surface area (Å²) in [5.41, 5.74) is 2.51. The van der Waals surface area contributed by atoms with Crippen molar-refractivity contribution in [2.45, 2.75) is 32.9 Å². The zero-order valence-electron chi connectivity index (χ0n) is 15.8. The molecule has 1 aliphatic heterocycles. The fourth-order valence-corrected chi connectivity index (χ4v) is 6.33. The average Bonchev–Trinajstić information content (AvgIpc) is 3.28. The SMILES string of the molecule is C=CCN(CC(=O)c1cc(C)n(C2CCS(=O)(=O)C2)c1C)Cc1cccs1. The van der Waals surface area contributed by atoms with E-state index in [1.54, 1.807) is 11.3 Å². The molecule has 3 heterocycles. The summed E-state index contributed by atoms with van der Waals surface area (Å²) >= 11 is 1.68. The Morgan fingerprint density at radius 3 is 2.81 bits per heavy atom. The number of nitrogens with zero attached hydrogens (tertiary/aromatic N) is 2. The summed E-state index contributed by atoms with van der Waals surface area (Å²) in [6.07, 6.45) is 2.43. The van der Waals surface area contributed by atoms with Gasteiger partial charge in [-0.05, 0) is 37.8 Å². The van der Waals surface area contributed by atoms with Gasteiger partial charge in [-0.25, -0.2) is 8.42 Å². The summed E-state index contributed by atoms with van der Waals surface area (Å²) in [6.45, 7) is 9.34. The number of hydrogen-bond acceptors (Lipinski definition) is 5. The zero-order chi connectivity index (χ0) is 19.6. The molecule has 5 nitrogen and oxygen atoms in total. The standard InChI is InChI=1S/C20H26N2O3S2/c1-4-8-21(12-18-6-5-9-26-18)13-20(23)19-11-15(2)22(16(19)3)17-7-10-27(24,25)14-17/h4-6,9,11,17H,1,7-8,10,12-14H2,2-3H3. The predicted octanol–water partition coefficient (Wildman–Crippen LogP) is 3.40. The molecule has 0 radical (unpaired) electrons. The van der Waals surface area contributed by atoms with Gasteiger partial charge in [-0.15, -0.1) is 17.9 Å². The van der Waals surface area contributed by atoms with Crippen molar-refractivity contribution >= 4 is 27.0 Å². The third kappa shape index (κ3) is 4.59. The van der Waals surface area contributed by atoms with Gasteiger partial charge in [-0.2, -0.15) is 0 Å². The highest BCUT2D eigenvalue weighted by atomic mass is 32.2. The summed E-state index contributed by atoms with van der Waals surface area (Å²) in [6, 6.07) is 5.92. The predicted molar refractivity (Wildman–Crippen MR) is 110 cm³/mol. The Kier molecular flexibility index (Phi) is 6.03. The Hall–Kier alpha value is -1.70. The van der Waals surface area contributed by atoms with Gasteiger partial charge in [-0.3, -0.25) is 9.69 Å². The highest BCUT2D eigenvalue weighted by molar-refractivity contribution is 7.91. The molecule has 7 heteroatoms. The van der Waals surface area contributed by atoms with Crippen molar-refractivity contribution in [2.24, 2.45) is 0 Å². The minimum absolute atomic E-state index is 0.0630. The number of sulfone groups is 1. The molecular weight excluding hydrogens is 380 g/mol. The third-order valence-corrected chi connectivity index (χ3v) is 7.68. The molecule has 1 atom stereocenters.